The molecular weight excluding hydrogens is 320 g/mol. The van der Waals surface area contributed by atoms with Crippen LogP contribution in [0.5, 0.6) is 0 Å². The number of rotatable bonds is 4. The molecule has 0 saturated carbocycles. The van der Waals surface area contributed by atoms with Crippen LogP contribution >= 0.6 is 0 Å². The number of hydrogen-bond donors (Lipinski definition) is 2. The molecule has 1 heterocycles. The average molecular weight is 334 g/mol. The number of carbonyl (C=O) groups excluding carboxylic acids is 3. The minimum Gasteiger partial charge on any atom is -0.329 e. The summed E-state index contributed by atoms with van der Waals surface area (Å²) in [5, 5.41) is 14.1. The highest BCUT2D eigenvalue weighted by Gasteiger charge is 2.28. The van der Waals surface area contributed by atoms with E-state index in [1.54, 1.807) is 42.5 Å². The molecule has 3 rings (SSSR count). The summed E-state index contributed by atoms with van der Waals surface area (Å²) < 4.78 is 0. The highest BCUT2D eigenvalue weighted by atomic mass is 16.2. The highest BCUT2D eigenvalue weighted by Crippen LogP contribution is 2.15. The van der Waals surface area contributed by atoms with Gasteiger partial charge in [0.15, 0.2) is 0 Å². The number of benzene rings is 2. The lowest BCUT2D eigenvalue weighted by Crippen LogP contribution is -2.30. The Hall–Kier alpha value is -3.66. The van der Waals surface area contributed by atoms with Gasteiger partial charge >= 0.3 is 6.03 Å². The molecule has 0 spiro atoms. The van der Waals surface area contributed by atoms with E-state index >= 15 is 0 Å². The Morgan fingerprint density at radius 2 is 1.96 bits per heavy atom. The highest BCUT2D eigenvalue weighted by molar-refractivity contribution is 6.04. The molecule has 2 aromatic carbocycles. The fourth-order valence-corrected chi connectivity index (χ4v) is 2.42. The molecular formula is C18H14N4O3. The summed E-state index contributed by atoms with van der Waals surface area (Å²) in [5.41, 5.74) is 2.15. The molecule has 4 amide bonds. The van der Waals surface area contributed by atoms with Crippen molar-refractivity contribution in [3.8, 4) is 6.07 Å². The number of nitrogens with one attached hydrogen (secondary N) is 2. The van der Waals surface area contributed by atoms with Crippen molar-refractivity contribution in [2.24, 2.45) is 0 Å². The largest absolute Gasteiger partial charge is 0.329 e. The first-order valence-electron chi connectivity index (χ1n) is 7.55. The van der Waals surface area contributed by atoms with Crippen LogP contribution in [-0.4, -0.2) is 29.3 Å². The zero-order valence-electron chi connectivity index (χ0n) is 13.2. The number of urea groups is 1. The number of nitrogens with zero attached hydrogens (tertiary/aromatic N) is 2. The Morgan fingerprint density at radius 3 is 2.60 bits per heavy atom. The molecule has 1 aliphatic heterocycles. The van der Waals surface area contributed by atoms with Crippen molar-refractivity contribution >= 4 is 23.5 Å². The summed E-state index contributed by atoms with van der Waals surface area (Å²) in [6.45, 7) is 0.206. The monoisotopic (exact) mass is 334 g/mol. The third-order valence-corrected chi connectivity index (χ3v) is 3.74. The summed E-state index contributed by atoms with van der Waals surface area (Å²) in [5.74, 6) is -0.585. The fourth-order valence-electron chi connectivity index (χ4n) is 2.42. The number of anilines is 1. The lowest BCUT2D eigenvalue weighted by Gasteiger charge is -2.13. The number of nitriles is 1. The van der Waals surface area contributed by atoms with E-state index in [0.29, 0.717) is 16.8 Å². The van der Waals surface area contributed by atoms with Crippen molar-refractivity contribution in [1.29, 1.82) is 5.26 Å². The molecule has 7 heteroatoms. The third-order valence-electron chi connectivity index (χ3n) is 3.74. The van der Waals surface area contributed by atoms with E-state index in [4.69, 9.17) is 5.26 Å². The Balaban J connectivity index is 1.66. The molecule has 2 aromatic rings. The smallest absolute Gasteiger partial charge is 0.324 e. The molecule has 1 saturated heterocycles. The van der Waals surface area contributed by atoms with E-state index in [0.717, 1.165) is 10.5 Å². The quantitative estimate of drug-likeness (QED) is 0.833. The van der Waals surface area contributed by atoms with Crippen molar-refractivity contribution in [1.82, 2.24) is 10.2 Å². The molecule has 1 fully saturated rings. The van der Waals surface area contributed by atoms with Crippen LogP contribution in [0.1, 0.15) is 21.5 Å². The van der Waals surface area contributed by atoms with Crippen molar-refractivity contribution < 1.29 is 14.4 Å². The van der Waals surface area contributed by atoms with Crippen molar-refractivity contribution in [2.75, 3.05) is 11.9 Å². The number of hydrogen-bond acceptors (Lipinski definition) is 4. The van der Waals surface area contributed by atoms with Crippen LogP contribution in [0.15, 0.2) is 48.5 Å². The number of amides is 4. The van der Waals surface area contributed by atoms with Crippen LogP contribution in [0.25, 0.3) is 0 Å². The summed E-state index contributed by atoms with van der Waals surface area (Å²) in [6, 6.07) is 14.9. The van der Waals surface area contributed by atoms with Crippen molar-refractivity contribution in [3.05, 3.63) is 65.2 Å². The first kappa shape index (κ1) is 16.2. The van der Waals surface area contributed by atoms with E-state index in [2.05, 4.69) is 10.6 Å². The maximum absolute atomic E-state index is 12.2. The minimum absolute atomic E-state index is 0.0226. The second-order valence-corrected chi connectivity index (χ2v) is 5.48. The molecule has 25 heavy (non-hydrogen) atoms. The van der Waals surface area contributed by atoms with Gasteiger partial charge in [-0.2, -0.15) is 5.26 Å². The summed E-state index contributed by atoms with van der Waals surface area (Å²) in [6.07, 6.45) is 0. The predicted molar refractivity (Wildman–Crippen MR) is 89.5 cm³/mol. The molecule has 7 nitrogen and oxygen atoms in total. The molecule has 0 bridgehead atoms. The fraction of sp³-hybridized carbons (Fsp3) is 0.111. The van der Waals surface area contributed by atoms with Gasteiger partial charge in [0.1, 0.15) is 0 Å². The lowest BCUT2D eigenvalue weighted by molar-refractivity contribution is -0.125. The van der Waals surface area contributed by atoms with Crippen LogP contribution in [-0.2, 0) is 11.3 Å². The Bertz CT molecular complexity index is 868. The van der Waals surface area contributed by atoms with Gasteiger partial charge in [-0.25, -0.2) is 4.79 Å². The number of carbonyl (C=O) groups is 3. The molecule has 0 radical (unpaired) electrons. The van der Waals surface area contributed by atoms with E-state index < -0.39 is 6.03 Å². The molecule has 0 aliphatic carbocycles. The molecule has 0 atom stereocenters. The second-order valence-electron chi connectivity index (χ2n) is 5.48. The standard InChI is InChI=1S/C18H14N4O3/c19-9-13-2-1-3-14(8-13)17(24)21-15-6-4-12(5-7-15)11-22-16(23)10-20-18(22)25/h1-8H,10-11H2,(H,20,25)(H,21,24). The van der Waals surface area contributed by atoms with Crippen LogP contribution < -0.4 is 10.6 Å². The van der Waals surface area contributed by atoms with E-state index in [1.807, 2.05) is 6.07 Å². The third kappa shape index (κ3) is 3.64. The molecule has 2 N–H and O–H groups in total. The van der Waals surface area contributed by atoms with Crippen LogP contribution in [0.4, 0.5) is 10.5 Å². The minimum atomic E-state index is -0.403. The van der Waals surface area contributed by atoms with Gasteiger partial charge in [-0.3, -0.25) is 14.5 Å². The second kappa shape index (κ2) is 6.84. The molecule has 0 unspecified atom stereocenters. The molecule has 0 aromatic heterocycles. The van der Waals surface area contributed by atoms with Gasteiger partial charge in [0.2, 0.25) is 5.91 Å². The maximum atomic E-state index is 12.2. The van der Waals surface area contributed by atoms with E-state index in [9.17, 15) is 14.4 Å². The first-order chi connectivity index (χ1) is 12.1. The zero-order chi connectivity index (χ0) is 17.8. The van der Waals surface area contributed by atoms with Crippen molar-refractivity contribution in [2.45, 2.75) is 6.54 Å². The normalized spacial score (nSPS) is 13.3. The first-order valence-corrected chi connectivity index (χ1v) is 7.55. The maximum Gasteiger partial charge on any atom is 0.324 e. The molecule has 124 valence electrons. The Kier molecular flexibility index (Phi) is 4.44. The van der Waals surface area contributed by atoms with Gasteiger partial charge in [-0.05, 0) is 35.9 Å². The topological polar surface area (TPSA) is 102 Å². The Labute approximate surface area is 143 Å². The van der Waals surface area contributed by atoms with Crippen molar-refractivity contribution in [3.63, 3.8) is 0 Å². The van der Waals surface area contributed by atoms with Gasteiger partial charge < -0.3 is 10.6 Å². The van der Waals surface area contributed by atoms with Crippen LogP contribution in [0.3, 0.4) is 0 Å². The van der Waals surface area contributed by atoms with Gasteiger partial charge in [-0.15, -0.1) is 0 Å². The predicted octanol–water partition coefficient (Wildman–Crippen LogP) is 1.86. The Morgan fingerprint density at radius 1 is 1.20 bits per heavy atom. The van der Waals surface area contributed by atoms with Gasteiger partial charge in [-0.1, -0.05) is 18.2 Å². The van der Waals surface area contributed by atoms with E-state index in [-0.39, 0.29) is 24.9 Å². The molecule has 1 aliphatic rings. The summed E-state index contributed by atoms with van der Waals surface area (Å²) in [4.78, 5) is 36.4. The van der Waals surface area contributed by atoms with Gasteiger partial charge in [0, 0.05) is 11.3 Å². The van der Waals surface area contributed by atoms with Gasteiger partial charge in [0.25, 0.3) is 5.91 Å². The zero-order valence-corrected chi connectivity index (χ0v) is 13.2. The van der Waals surface area contributed by atoms with Crippen LogP contribution in [0.2, 0.25) is 0 Å². The van der Waals surface area contributed by atoms with Gasteiger partial charge in [0.05, 0.1) is 24.7 Å². The SMILES string of the molecule is N#Cc1cccc(C(=O)Nc2ccc(CN3C(=O)CNC3=O)cc2)c1. The summed E-state index contributed by atoms with van der Waals surface area (Å²) >= 11 is 0. The summed E-state index contributed by atoms with van der Waals surface area (Å²) in [7, 11) is 0. The lowest BCUT2D eigenvalue weighted by atomic mass is 10.1. The number of imide groups is 1. The van der Waals surface area contributed by atoms with E-state index in [1.165, 1.54) is 6.07 Å². The average Bonchev–Trinajstić information content (AvgIpc) is 2.95. The van der Waals surface area contributed by atoms with Crippen LogP contribution in [0, 0.1) is 11.3 Å².